The Hall–Kier alpha value is -3.86. The van der Waals surface area contributed by atoms with E-state index >= 15 is 0 Å². The van der Waals surface area contributed by atoms with Gasteiger partial charge in [-0.05, 0) is 42.3 Å². The molecule has 0 unspecified atom stereocenters. The van der Waals surface area contributed by atoms with Crippen LogP contribution in [0.2, 0.25) is 0 Å². The SMILES string of the molecule is CCC(N)=O.Cc1ccccc1COc1cccc(OCc2ccc3ccccc3n2)c1. The molecular formula is C27H28N2O3. The Morgan fingerprint density at radius 3 is 2.22 bits per heavy atom. The Morgan fingerprint density at radius 2 is 1.50 bits per heavy atom. The summed E-state index contributed by atoms with van der Waals surface area (Å²) in [7, 11) is 0. The van der Waals surface area contributed by atoms with E-state index in [9.17, 15) is 4.79 Å². The number of fused-ring (bicyclic) bond motifs is 1. The number of para-hydroxylation sites is 1. The first kappa shape index (κ1) is 22.8. The molecule has 0 fully saturated rings. The Labute approximate surface area is 188 Å². The van der Waals surface area contributed by atoms with Crippen LogP contribution in [0.3, 0.4) is 0 Å². The second kappa shape index (κ2) is 11.5. The largest absolute Gasteiger partial charge is 0.489 e. The fourth-order valence-corrected chi connectivity index (χ4v) is 2.93. The van der Waals surface area contributed by atoms with Gasteiger partial charge in [-0.3, -0.25) is 4.79 Å². The minimum atomic E-state index is -0.245. The summed E-state index contributed by atoms with van der Waals surface area (Å²) in [6.45, 7) is 4.78. The molecule has 3 aromatic carbocycles. The highest BCUT2D eigenvalue weighted by molar-refractivity contribution is 5.78. The number of hydrogen-bond donors (Lipinski definition) is 1. The first-order valence-corrected chi connectivity index (χ1v) is 10.6. The summed E-state index contributed by atoms with van der Waals surface area (Å²) < 4.78 is 11.8. The predicted molar refractivity (Wildman–Crippen MR) is 128 cm³/mol. The molecule has 0 bridgehead atoms. The Morgan fingerprint density at radius 1 is 0.844 bits per heavy atom. The van der Waals surface area contributed by atoms with Gasteiger partial charge in [0.15, 0.2) is 0 Å². The van der Waals surface area contributed by atoms with Crippen LogP contribution in [0.15, 0.2) is 84.9 Å². The van der Waals surface area contributed by atoms with E-state index in [0.29, 0.717) is 19.6 Å². The summed E-state index contributed by atoms with van der Waals surface area (Å²) in [4.78, 5) is 14.2. The van der Waals surface area contributed by atoms with E-state index in [1.807, 2.05) is 60.7 Å². The van der Waals surface area contributed by atoms with Gasteiger partial charge in [-0.2, -0.15) is 0 Å². The van der Waals surface area contributed by atoms with Gasteiger partial charge < -0.3 is 15.2 Å². The molecule has 0 aliphatic heterocycles. The number of nitrogens with zero attached hydrogens (tertiary/aromatic N) is 1. The Bertz CT molecular complexity index is 1170. The number of carbonyl (C=O) groups is 1. The molecule has 5 heteroatoms. The summed E-state index contributed by atoms with van der Waals surface area (Å²) in [5, 5.41) is 1.13. The molecule has 2 N–H and O–H groups in total. The summed E-state index contributed by atoms with van der Waals surface area (Å²) >= 11 is 0. The van der Waals surface area contributed by atoms with E-state index in [-0.39, 0.29) is 5.91 Å². The van der Waals surface area contributed by atoms with Gasteiger partial charge in [-0.1, -0.05) is 61.5 Å². The van der Waals surface area contributed by atoms with Crippen LogP contribution in [0, 0.1) is 6.92 Å². The first-order valence-electron chi connectivity index (χ1n) is 10.6. The van der Waals surface area contributed by atoms with Crippen LogP contribution >= 0.6 is 0 Å². The molecule has 4 aromatic rings. The summed E-state index contributed by atoms with van der Waals surface area (Å²) in [5.74, 6) is 1.32. The van der Waals surface area contributed by atoms with E-state index in [2.05, 4.69) is 41.9 Å². The van der Waals surface area contributed by atoms with Crippen molar-refractivity contribution in [3.63, 3.8) is 0 Å². The molecule has 0 radical (unpaired) electrons. The number of carbonyl (C=O) groups excluding carboxylic acids is 1. The maximum Gasteiger partial charge on any atom is 0.217 e. The third-order valence-electron chi connectivity index (χ3n) is 4.85. The molecule has 0 saturated heterocycles. The zero-order valence-electron chi connectivity index (χ0n) is 18.5. The molecule has 5 nitrogen and oxygen atoms in total. The summed E-state index contributed by atoms with van der Waals surface area (Å²) in [5.41, 5.74) is 8.95. The average Bonchev–Trinajstić information content (AvgIpc) is 2.83. The molecule has 0 spiro atoms. The van der Waals surface area contributed by atoms with Crippen LogP contribution in [0.25, 0.3) is 10.9 Å². The average molecular weight is 429 g/mol. The van der Waals surface area contributed by atoms with Crippen molar-refractivity contribution in [2.45, 2.75) is 33.5 Å². The van der Waals surface area contributed by atoms with Crippen molar-refractivity contribution in [2.75, 3.05) is 0 Å². The molecule has 0 saturated carbocycles. The smallest absolute Gasteiger partial charge is 0.217 e. The van der Waals surface area contributed by atoms with Gasteiger partial charge in [0.1, 0.15) is 24.7 Å². The van der Waals surface area contributed by atoms with Crippen LogP contribution < -0.4 is 15.2 Å². The standard InChI is InChI=1S/C24H21NO2.C3H7NO/c1-18-7-2-3-9-20(18)16-26-22-10-6-11-23(15-22)27-17-21-14-13-19-8-4-5-12-24(19)25-21;1-2-3(4)5/h2-15H,16-17H2,1H3;2H2,1H3,(H2,4,5). The number of pyridine rings is 1. The van der Waals surface area contributed by atoms with Gasteiger partial charge >= 0.3 is 0 Å². The number of aromatic nitrogens is 1. The molecule has 1 amide bonds. The van der Waals surface area contributed by atoms with E-state index in [1.54, 1.807) is 6.92 Å². The highest BCUT2D eigenvalue weighted by Gasteiger charge is 2.03. The van der Waals surface area contributed by atoms with Gasteiger partial charge in [0.25, 0.3) is 0 Å². The maximum absolute atomic E-state index is 9.59. The fraction of sp³-hybridized carbons (Fsp3) is 0.185. The van der Waals surface area contributed by atoms with Crippen LogP contribution in [0.4, 0.5) is 0 Å². The number of benzene rings is 3. The van der Waals surface area contributed by atoms with Crippen molar-refractivity contribution in [3.8, 4) is 11.5 Å². The van der Waals surface area contributed by atoms with Crippen molar-refractivity contribution in [1.29, 1.82) is 0 Å². The number of aryl methyl sites for hydroxylation is 1. The lowest BCUT2D eigenvalue weighted by Crippen LogP contribution is -2.06. The molecular weight excluding hydrogens is 400 g/mol. The lowest BCUT2D eigenvalue weighted by atomic mass is 10.1. The van der Waals surface area contributed by atoms with E-state index < -0.39 is 0 Å². The van der Waals surface area contributed by atoms with Gasteiger partial charge in [0.2, 0.25) is 5.91 Å². The fourth-order valence-electron chi connectivity index (χ4n) is 2.93. The normalized spacial score (nSPS) is 10.2. The summed E-state index contributed by atoms with van der Waals surface area (Å²) in [6.07, 6.45) is 0.444. The third-order valence-corrected chi connectivity index (χ3v) is 4.85. The van der Waals surface area contributed by atoms with Gasteiger partial charge in [-0.25, -0.2) is 4.98 Å². The monoisotopic (exact) mass is 428 g/mol. The predicted octanol–water partition coefficient (Wildman–Crippen LogP) is 5.58. The molecule has 0 aliphatic rings. The second-order valence-corrected chi connectivity index (χ2v) is 7.29. The van der Waals surface area contributed by atoms with E-state index in [4.69, 9.17) is 9.47 Å². The van der Waals surface area contributed by atoms with Crippen LogP contribution in [0.5, 0.6) is 11.5 Å². The number of rotatable bonds is 7. The number of ether oxygens (including phenoxy) is 2. The molecule has 1 heterocycles. The van der Waals surface area contributed by atoms with Crippen molar-refractivity contribution in [2.24, 2.45) is 5.73 Å². The number of hydrogen-bond acceptors (Lipinski definition) is 4. The minimum Gasteiger partial charge on any atom is -0.489 e. The van der Waals surface area contributed by atoms with Crippen LogP contribution in [-0.2, 0) is 18.0 Å². The van der Waals surface area contributed by atoms with Gasteiger partial charge in [-0.15, -0.1) is 0 Å². The van der Waals surface area contributed by atoms with E-state index in [0.717, 1.165) is 28.1 Å². The number of primary amides is 1. The first-order chi connectivity index (χ1) is 15.5. The topological polar surface area (TPSA) is 74.4 Å². The molecule has 32 heavy (non-hydrogen) atoms. The molecule has 164 valence electrons. The Kier molecular flexibility index (Phi) is 8.21. The van der Waals surface area contributed by atoms with Crippen molar-refractivity contribution < 1.29 is 14.3 Å². The molecule has 4 rings (SSSR count). The van der Waals surface area contributed by atoms with Crippen molar-refractivity contribution in [3.05, 3.63) is 102 Å². The highest BCUT2D eigenvalue weighted by atomic mass is 16.5. The van der Waals surface area contributed by atoms with Gasteiger partial charge in [0.05, 0.1) is 11.2 Å². The van der Waals surface area contributed by atoms with Gasteiger partial charge in [0, 0.05) is 17.9 Å². The third kappa shape index (κ3) is 6.84. The molecule has 1 aromatic heterocycles. The van der Waals surface area contributed by atoms with Crippen LogP contribution in [0.1, 0.15) is 30.2 Å². The highest BCUT2D eigenvalue weighted by Crippen LogP contribution is 2.22. The van der Waals surface area contributed by atoms with Crippen molar-refractivity contribution in [1.82, 2.24) is 4.98 Å². The van der Waals surface area contributed by atoms with E-state index in [1.165, 1.54) is 11.1 Å². The molecule has 0 atom stereocenters. The van der Waals surface area contributed by atoms with Crippen LogP contribution in [-0.4, -0.2) is 10.9 Å². The quantitative estimate of drug-likeness (QED) is 0.417. The zero-order chi connectivity index (χ0) is 22.8. The number of amides is 1. The maximum atomic E-state index is 9.59. The van der Waals surface area contributed by atoms with Crippen molar-refractivity contribution >= 4 is 16.8 Å². The second-order valence-electron chi connectivity index (χ2n) is 7.29. The number of nitrogens with two attached hydrogens (primary N) is 1. The minimum absolute atomic E-state index is 0.245. The zero-order valence-corrected chi connectivity index (χ0v) is 18.5. The lowest BCUT2D eigenvalue weighted by Gasteiger charge is -2.11. The molecule has 0 aliphatic carbocycles. The lowest BCUT2D eigenvalue weighted by molar-refractivity contribution is -0.117. The Balaban J connectivity index is 0.000000523. The summed E-state index contributed by atoms with van der Waals surface area (Å²) in [6, 6.07) is 28.1.